The summed E-state index contributed by atoms with van der Waals surface area (Å²) in [5.41, 5.74) is 2.77. The number of aryl methyl sites for hydroxylation is 2. The summed E-state index contributed by atoms with van der Waals surface area (Å²) in [5.74, 6) is 1.67. The summed E-state index contributed by atoms with van der Waals surface area (Å²) in [6.07, 6.45) is 5.68. The standard InChI is InChI=1S/C16H22O2/c1-11-8-12(2)15(18-10-13-4-3-5-13)14(9-11)16(17)6-7-16/h8-9,13,17H,3-7,10H2,1-2H3. The van der Waals surface area contributed by atoms with Crippen LogP contribution in [0.25, 0.3) is 0 Å². The Labute approximate surface area is 109 Å². The van der Waals surface area contributed by atoms with E-state index >= 15 is 0 Å². The molecule has 0 spiro atoms. The van der Waals surface area contributed by atoms with Crippen LogP contribution in [-0.2, 0) is 5.60 Å². The second-order valence-electron chi connectivity index (χ2n) is 6.10. The molecule has 0 saturated heterocycles. The summed E-state index contributed by atoms with van der Waals surface area (Å²) in [6, 6.07) is 4.24. The van der Waals surface area contributed by atoms with Crippen LogP contribution in [0.4, 0.5) is 0 Å². The zero-order chi connectivity index (χ0) is 12.8. The maximum atomic E-state index is 10.4. The molecule has 2 heteroatoms. The molecule has 1 aromatic carbocycles. The Kier molecular flexibility index (Phi) is 2.86. The topological polar surface area (TPSA) is 29.5 Å². The first kappa shape index (κ1) is 12.0. The lowest BCUT2D eigenvalue weighted by atomic mass is 9.86. The van der Waals surface area contributed by atoms with Gasteiger partial charge in [-0.1, -0.05) is 18.1 Å². The zero-order valence-electron chi connectivity index (χ0n) is 11.3. The first-order chi connectivity index (χ1) is 8.58. The van der Waals surface area contributed by atoms with E-state index in [2.05, 4.69) is 26.0 Å². The van der Waals surface area contributed by atoms with Gasteiger partial charge in [0.05, 0.1) is 12.2 Å². The van der Waals surface area contributed by atoms with E-state index in [0.29, 0.717) is 0 Å². The molecule has 1 aromatic rings. The first-order valence-corrected chi connectivity index (χ1v) is 7.05. The van der Waals surface area contributed by atoms with Gasteiger partial charge in [0.2, 0.25) is 0 Å². The van der Waals surface area contributed by atoms with Crippen LogP contribution in [-0.4, -0.2) is 11.7 Å². The van der Waals surface area contributed by atoms with Crippen LogP contribution in [0.5, 0.6) is 5.75 Å². The minimum Gasteiger partial charge on any atom is -0.493 e. The molecule has 0 unspecified atom stereocenters. The van der Waals surface area contributed by atoms with Crippen LogP contribution in [0.15, 0.2) is 12.1 Å². The lowest BCUT2D eigenvalue weighted by Gasteiger charge is -2.27. The van der Waals surface area contributed by atoms with Gasteiger partial charge in [0.1, 0.15) is 5.75 Å². The maximum absolute atomic E-state index is 10.4. The monoisotopic (exact) mass is 246 g/mol. The number of rotatable bonds is 4. The van der Waals surface area contributed by atoms with E-state index in [1.165, 1.54) is 24.8 Å². The molecule has 0 bridgehead atoms. The summed E-state index contributed by atoms with van der Waals surface area (Å²) in [6.45, 7) is 4.98. The van der Waals surface area contributed by atoms with Gasteiger partial charge < -0.3 is 9.84 Å². The highest BCUT2D eigenvalue weighted by Gasteiger charge is 2.44. The molecule has 2 aliphatic carbocycles. The molecule has 2 aliphatic rings. The molecule has 0 heterocycles. The van der Waals surface area contributed by atoms with E-state index in [4.69, 9.17) is 4.74 Å². The number of aliphatic hydroxyl groups is 1. The Morgan fingerprint density at radius 1 is 1.28 bits per heavy atom. The average molecular weight is 246 g/mol. The number of hydrogen-bond acceptors (Lipinski definition) is 2. The van der Waals surface area contributed by atoms with Gasteiger partial charge in [-0.2, -0.15) is 0 Å². The van der Waals surface area contributed by atoms with Crippen molar-refractivity contribution in [1.82, 2.24) is 0 Å². The van der Waals surface area contributed by atoms with Gasteiger partial charge in [-0.05, 0) is 57.1 Å². The fraction of sp³-hybridized carbons (Fsp3) is 0.625. The highest BCUT2D eigenvalue weighted by molar-refractivity contribution is 5.48. The van der Waals surface area contributed by atoms with Crippen molar-refractivity contribution >= 4 is 0 Å². The molecule has 98 valence electrons. The zero-order valence-corrected chi connectivity index (χ0v) is 11.3. The highest BCUT2D eigenvalue weighted by Crippen LogP contribution is 2.50. The average Bonchev–Trinajstić information content (AvgIpc) is 2.98. The van der Waals surface area contributed by atoms with Crippen LogP contribution >= 0.6 is 0 Å². The predicted octanol–water partition coefficient (Wildman–Crippen LogP) is 3.46. The number of hydrogen-bond donors (Lipinski definition) is 1. The van der Waals surface area contributed by atoms with E-state index in [9.17, 15) is 5.11 Å². The third-order valence-electron chi connectivity index (χ3n) is 4.33. The quantitative estimate of drug-likeness (QED) is 0.881. The second-order valence-corrected chi connectivity index (χ2v) is 6.10. The third kappa shape index (κ3) is 2.14. The Bertz CT molecular complexity index is 456. The van der Waals surface area contributed by atoms with Gasteiger partial charge >= 0.3 is 0 Å². The van der Waals surface area contributed by atoms with E-state index in [1.807, 2.05) is 0 Å². The molecular weight excluding hydrogens is 224 g/mol. The summed E-state index contributed by atoms with van der Waals surface area (Å²) in [5, 5.41) is 10.4. The molecule has 0 radical (unpaired) electrons. The van der Waals surface area contributed by atoms with Crippen LogP contribution in [0.3, 0.4) is 0 Å². The van der Waals surface area contributed by atoms with Crippen LogP contribution in [0.2, 0.25) is 0 Å². The minimum atomic E-state index is -0.605. The molecular formula is C16H22O2. The normalized spacial score (nSPS) is 21.5. The summed E-state index contributed by atoms with van der Waals surface area (Å²) in [4.78, 5) is 0. The molecule has 2 saturated carbocycles. The Morgan fingerprint density at radius 3 is 2.56 bits per heavy atom. The third-order valence-corrected chi connectivity index (χ3v) is 4.33. The summed E-state index contributed by atoms with van der Waals surface area (Å²) >= 11 is 0. The Balaban J connectivity index is 1.85. The van der Waals surface area contributed by atoms with Crippen LogP contribution in [0.1, 0.15) is 48.8 Å². The van der Waals surface area contributed by atoms with Crippen LogP contribution < -0.4 is 4.74 Å². The first-order valence-electron chi connectivity index (χ1n) is 7.05. The SMILES string of the molecule is Cc1cc(C)c(OCC2CCC2)c(C2(O)CC2)c1. The number of benzene rings is 1. The number of ether oxygens (including phenoxy) is 1. The van der Waals surface area contributed by atoms with E-state index in [-0.39, 0.29) is 0 Å². The summed E-state index contributed by atoms with van der Waals surface area (Å²) < 4.78 is 6.03. The van der Waals surface area contributed by atoms with Gasteiger partial charge in [-0.15, -0.1) is 0 Å². The molecule has 2 fully saturated rings. The lowest BCUT2D eigenvalue weighted by molar-refractivity contribution is 0.136. The van der Waals surface area contributed by atoms with Crippen LogP contribution in [0, 0.1) is 19.8 Å². The molecule has 2 nitrogen and oxygen atoms in total. The van der Waals surface area contributed by atoms with Crippen molar-refractivity contribution < 1.29 is 9.84 Å². The van der Waals surface area contributed by atoms with Crippen molar-refractivity contribution in [2.45, 2.75) is 51.6 Å². The van der Waals surface area contributed by atoms with Gasteiger partial charge in [0.25, 0.3) is 0 Å². The molecule has 3 rings (SSSR count). The van der Waals surface area contributed by atoms with Crippen molar-refractivity contribution in [2.75, 3.05) is 6.61 Å². The smallest absolute Gasteiger partial charge is 0.128 e. The Morgan fingerprint density at radius 2 is 2.00 bits per heavy atom. The Hall–Kier alpha value is -1.02. The van der Waals surface area contributed by atoms with Gasteiger partial charge in [-0.25, -0.2) is 0 Å². The lowest BCUT2D eigenvalue weighted by Crippen LogP contribution is -2.21. The van der Waals surface area contributed by atoms with Crippen molar-refractivity contribution in [3.05, 3.63) is 28.8 Å². The van der Waals surface area contributed by atoms with E-state index in [1.54, 1.807) is 0 Å². The summed E-state index contributed by atoms with van der Waals surface area (Å²) in [7, 11) is 0. The fourth-order valence-corrected chi connectivity index (χ4v) is 2.74. The largest absolute Gasteiger partial charge is 0.493 e. The van der Waals surface area contributed by atoms with Gasteiger partial charge in [0.15, 0.2) is 0 Å². The second kappa shape index (κ2) is 4.27. The highest BCUT2D eigenvalue weighted by atomic mass is 16.5. The van der Waals surface area contributed by atoms with Gasteiger partial charge in [-0.3, -0.25) is 0 Å². The predicted molar refractivity (Wildman–Crippen MR) is 71.9 cm³/mol. The van der Waals surface area contributed by atoms with Crippen molar-refractivity contribution in [2.24, 2.45) is 5.92 Å². The van der Waals surface area contributed by atoms with Crippen molar-refractivity contribution in [3.63, 3.8) is 0 Å². The molecule has 0 aromatic heterocycles. The van der Waals surface area contributed by atoms with Crippen molar-refractivity contribution in [1.29, 1.82) is 0 Å². The maximum Gasteiger partial charge on any atom is 0.128 e. The van der Waals surface area contributed by atoms with E-state index in [0.717, 1.165) is 42.2 Å². The molecule has 0 atom stereocenters. The van der Waals surface area contributed by atoms with E-state index < -0.39 is 5.60 Å². The molecule has 18 heavy (non-hydrogen) atoms. The van der Waals surface area contributed by atoms with Gasteiger partial charge in [0, 0.05) is 5.56 Å². The fourth-order valence-electron chi connectivity index (χ4n) is 2.74. The molecule has 0 amide bonds. The molecule has 1 N–H and O–H groups in total. The van der Waals surface area contributed by atoms with Crippen molar-refractivity contribution in [3.8, 4) is 5.75 Å². The molecule has 0 aliphatic heterocycles. The minimum absolute atomic E-state index is 0.605.